The van der Waals surface area contributed by atoms with Crippen molar-refractivity contribution in [2.75, 3.05) is 13.2 Å². The Morgan fingerprint density at radius 1 is 1.15 bits per heavy atom. The molecule has 0 unspecified atom stereocenters. The Balaban J connectivity index is 1.91. The van der Waals surface area contributed by atoms with Crippen LogP contribution >= 0.6 is 0 Å². The number of phenols is 1. The van der Waals surface area contributed by atoms with Gasteiger partial charge in [0, 0.05) is 0 Å². The van der Waals surface area contributed by atoms with Crippen LogP contribution in [0.4, 0.5) is 9.18 Å². The summed E-state index contributed by atoms with van der Waals surface area (Å²) in [7, 11) is 0. The van der Waals surface area contributed by atoms with Gasteiger partial charge in [-0.3, -0.25) is 0 Å². The summed E-state index contributed by atoms with van der Waals surface area (Å²) in [4.78, 5) is 11.5. The lowest BCUT2D eigenvalue weighted by molar-refractivity contribution is 0.0520. The molecule has 0 fully saturated rings. The Hall–Kier alpha value is -2.76. The Morgan fingerprint density at radius 3 is 2.42 bits per heavy atom. The molecular weight excluding hydrogens is 337 g/mol. The SMILES string of the molecule is Cc1ccc(-c2ccc(OCCNC(=O)OC(C)(C)C)c(O)c2)cc1F. The Bertz CT molecular complexity index is 784. The second-order valence-corrected chi connectivity index (χ2v) is 6.92. The van der Waals surface area contributed by atoms with Crippen LogP contribution in [-0.2, 0) is 4.74 Å². The molecule has 5 nitrogen and oxygen atoms in total. The van der Waals surface area contributed by atoms with Crippen LogP contribution in [0.15, 0.2) is 36.4 Å². The summed E-state index contributed by atoms with van der Waals surface area (Å²) in [6, 6.07) is 9.76. The quantitative estimate of drug-likeness (QED) is 0.774. The summed E-state index contributed by atoms with van der Waals surface area (Å²) in [5, 5.41) is 12.7. The molecule has 2 aromatic rings. The number of aryl methyl sites for hydroxylation is 1. The van der Waals surface area contributed by atoms with Gasteiger partial charge < -0.3 is 19.9 Å². The smallest absolute Gasteiger partial charge is 0.407 e. The van der Waals surface area contributed by atoms with Gasteiger partial charge in [-0.1, -0.05) is 18.2 Å². The molecule has 0 heterocycles. The van der Waals surface area contributed by atoms with Crippen LogP contribution in [0.5, 0.6) is 11.5 Å². The van der Waals surface area contributed by atoms with Gasteiger partial charge in [0.25, 0.3) is 0 Å². The summed E-state index contributed by atoms with van der Waals surface area (Å²) in [5.74, 6) is -0.0661. The van der Waals surface area contributed by atoms with Crippen molar-refractivity contribution < 1.29 is 23.8 Å². The molecule has 0 atom stereocenters. The number of hydrogen-bond acceptors (Lipinski definition) is 4. The minimum absolute atomic E-state index is 0.0549. The van der Waals surface area contributed by atoms with Gasteiger partial charge in [-0.05, 0) is 62.6 Å². The Kier molecular flexibility index (Phi) is 6.08. The molecule has 0 saturated carbocycles. The Labute approximate surface area is 152 Å². The zero-order valence-electron chi connectivity index (χ0n) is 15.4. The van der Waals surface area contributed by atoms with E-state index in [0.717, 1.165) is 0 Å². The van der Waals surface area contributed by atoms with Crippen LogP contribution in [0.2, 0.25) is 0 Å². The molecule has 26 heavy (non-hydrogen) atoms. The fourth-order valence-corrected chi connectivity index (χ4v) is 2.22. The predicted molar refractivity (Wildman–Crippen MR) is 98.0 cm³/mol. The van der Waals surface area contributed by atoms with Gasteiger partial charge in [0.05, 0.1) is 6.54 Å². The van der Waals surface area contributed by atoms with Crippen molar-refractivity contribution in [2.45, 2.75) is 33.3 Å². The summed E-state index contributed by atoms with van der Waals surface area (Å²) >= 11 is 0. The van der Waals surface area contributed by atoms with Gasteiger partial charge in [0.15, 0.2) is 11.5 Å². The van der Waals surface area contributed by atoms with Crippen molar-refractivity contribution >= 4 is 6.09 Å². The monoisotopic (exact) mass is 361 g/mol. The second-order valence-electron chi connectivity index (χ2n) is 6.92. The standard InChI is InChI=1S/C20H24FNO4/c1-13-5-6-14(11-16(13)21)15-7-8-18(17(23)12-15)25-10-9-22-19(24)26-20(2,3)4/h5-8,11-12,23H,9-10H2,1-4H3,(H,22,24). The third kappa shape index (κ3) is 5.65. The lowest BCUT2D eigenvalue weighted by Gasteiger charge is -2.19. The van der Waals surface area contributed by atoms with E-state index in [9.17, 15) is 14.3 Å². The highest BCUT2D eigenvalue weighted by Gasteiger charge is 2.15. The third-order valence-electron chi connectivity index (χ3n) is 3.49. The average molecular weight is 361 g/mol. The molecule has 140 valence electrons. The fourth-order valence-electron chi connectivity index (χ4n) is 2.22. The molecule has 0 radical (unpaired) electrons. The number of phenolic OH excluding ortho intramolecular Hbond substituents is 1. The molecule has 0 spiro atoms. The minimum atomic E-state index is -0.561. The van der Waals surface area contributed by atoms with Gasteiger partial charge in [0.1, 0.15) is 18.0 Å². The number of hydrogen-bond donors (Lipinski definition) is 2. The predicted octanol–water partition coefficient (Wildman–Crippen LogP) is 4.41. The van der Waals surface area contributed by atoms with Crippen molar-refractivity contribution in [1.82, 2.24) is 5.32 Å². The highest BCUT2D eigenvalue weighted by Crippen LogP contribution is 2.32. The number of ether oxygens (including phenoxy) is 2. The van der Waals surface area contributed by atoms with Gasteiger partial charge in [-0.15, -0.1) is 0 Å². The molecule has 2 N–H and O–H groups in total. The van der Waals surface area contributed by atoms with Crippen LogP contribution in [0.3, 0.4) is 0 Å². The lowest BCUT2D eigenvalue weighted by atomic mass is 10.0. The molecule has 2 rings (SSSR count). The first kappa shape index (κ1) is 19.6. The number of benzene rings is 2. The minimum Gasteiger partial charge on any atom is -0.504 e. The number of carbonyl (C=O) groups excluding carboxylic acids is 1. The summed E-state index contributed by atoms with van der Waals surface area (Å²) < 4.78 is 24.3. The van der Waals surface area contributed by atoms with E-state index < -0.39 is 11.7 Å². The zero-order chi connectivity index (χ0) is 19.3. The lowest BCUT2D eigenvalue weighted by Crippen LogP contribution is -2.34. The number of rotatable bonds is 5. The highest BCUT2D eigenvalue weighted by molar-refractivity contribution is 5.68. The van der Waals surface area contributed by atoms with E-state index in [1.54, 1.807) is 52.0 Å². The van der Waals surface area contributed by atoms with Crippen molar-refractivity contribution in [1.29, 1.82) is 0 Å². The molecular formula is C20H24FNO4. The molecule has 0 aliphatic rings. The second kappa shape index (κ2) is 8.08. The van der Waals surface area contributed by atoms with Crippen molar-refractivity contribution in [2.24, 2.45) is 0 Å². The number of nitrogens with one attached hydrogen (secondary N) is 1. The number of amides is 1. The summed E-state index contributed by atoms with van der Waals surface area (Å²) in [6.45, 7) is 7.44. The molecule has 1 amide bonds. The first-order valence-corrected chi connectivity index (χ1v) is 8.35. The molecule has 0 aliphatic carbocycles. The van der Waals surface area contributed by atoms with Crippen molar-refractivity contribution in [3.05, 3.63) is 47.8 Å². The summed E-state index contributed by atoms with van der Waals surface area (Å²) in [5.41, 5.74) is 1.35. The molecule has 0 saturated heterocycles. The van der Waals surface area contributed by atoms with E-state index in [0.29, 0.717) is 16.7 Å². The molecule has 0 aliphatic heterocycles. The highest BCUT2D eigenvalue weighted by atomic mass is 19.1. The molecule has 2 aromatic carbocycles. The molecule has 0 aromatic heterocycles. The fraction of sp³-hybridized carbons (Fsp3) is 0.350. The van der Waals surface area contributed by atoms with E-state index in [1.165, 1.54) is 12.1 Å². The molecule has 6 heteroatoms. The van der Waals surface area contributed by atoms with E-state index in [2.05, 4.69) is 5.32 Å². The summed E-state index contributed by atoms with van der Waals surface area (Å²) in [6.07, 6.45) is -0.526. The van der Waals surface area contributed by atoms with Crippen molar-refractivity contribution in [3.8, 4) is 22.6 Å². The van der Waals surface area contributed by atoms with Gasteiger partial charge in [-0.25, -0.2) is 9.18 Å². The number of carbonyl (C=O) groups is 1. The topological polar surface area (TPSA) is 67.8 Å². The number of alkyl carbamates (subject to hydrolysis) is 1. The van der Waals surface area contributed by atoms with E-state index in [-0.39, 0.29) is 30.5 Å². The van der Waals surface area contributed by atoms with Crippen LogP contribution in [0.25, 0.3) is 11.1 Å². The third-order valence-corrected chi connectivity index (χ3v) is 3.49. The first-order valence-electron chi connectivity index (χ1n) is 8.35. The van der Waals surface area contributed by atoms with Crippen LogP contribution in [0, 0.1) is 12.7 Å². The molecule has 0 bridgehead atoms. The van der Waals surface area contributed by atoms with Gasteiger partial charge in [0.2, 0.25) is 0 Å². The van der Waals surface area contributed by atoms with Gasteiger partial charge in [-0.2, -0.15) is 0 Å². The number of halogens is 1. The maximum absolute atomic E-state index is 13.7. The Morgan fingerprint density at radius 2 is 1.81 bits per heavy atom. The van der Waals surface area contributed by atoms with E-state index in [1.807, 2.05) is 0 Å². The van der Waals surface area contributed by atoms with E-state index in [4.69, 9.17) is 9.47 Å². The largest absolute Gasteiger partial charge is 0.504 e. The maximum Gasteiger partial charge on any atom is 0.407 e. The van der Waals surface area contributed by atoms with Crippen LogP contribution in [-0.4, -0.2) is 30.0 Å². The number of aromatic hydroxyl groups is 1. The van der Waals surface area contributed by atoms with Crippen molar-refractivity contribution in [3.63, 3.8) is 0 Å². The normalized spacial score (nSPS) is 11.1. The van der Waals surface area contributed by atoms with Crippen LogP contribution in [0.1, 0.15) is 26.3 Å². The average Bonchev–Trinajstić information content (AvgIpc) is 2.53. The van der Waals surface area contributed by atoms with E-state index >= 15 is 0 Å². The van der Waals surface area contributed by atoms with Crippen LogP contribution < -0.4 is 10.1 Å². The zero-order valence-corrected chi connectivity index (χ0v) is 15.4. The first-order chi connectivity index (χ1) is 12.2. The van der Waals surface area contributed by atoms with Gasteiger partial charge >= 0.3 is 6.09 Å². The maximum atomic E-state index is 13.7.